The van der Waals surface area contributed by atoms with Gasteiger partial charge in [-0.2, -0.15) is 0 Å². The first-order valence-corrected chi connectivity index (χ1v) is 7.85. The van der Waals surface area contributed by atoms with Gasteiger partial charge in [-0.3, -0.25) is 0 Å². The molecule has 22 heavy (non-hydrogen) atoms. The van der Waals surface area contributed by atoms with Gasteiger partial charge in [-0.05, 0) is 61.0 Å². The van der Waals surface area contributed by atoms with E-state index in [1.54, 1.807) is 31.2 Å². The van der Waals surface area contributed by atoms with E-state index in [0.717, 1.165) is 9.79 Å². The third kappa shape index (κ3) is 4.90. The minimum absolute atomic E-state index is 0.304. The first kappa shape index (κ1) is 16.6. The molecule has 0 heterocycles. The lowest BCUT2D eigenvalue weighted by molar-refractivity contribution is -0.137. The Morgan fingerprint density at radius 3 is 2.68 bits per heavy atom. The van der Waals surface area contributed by atoms with Crippen LogP contribution in [-0.4, -0.2) is 12.6 Å². The molecule has 2 rings (SSSR count). The molecule has 0 amide bonds. The lowest BCUT2D eigenvalue weighted by Crippen LogP contribution is -1.98. The highest BCUT2D eigenvalue weighted by atomic mass is 35.5. The highest BCUT2D eigenvalue weighted by Gasteiger charge is 2.05. The lowest BCUT2D eigenvalue weighted by atomic mass is 10.2. The zero-order valence-corrected chi connectivity index (χ0v) is 13.5. The van der Waals surface area contributed by atoms with Crippen molar-refractivity contribution >= 4 is 35.4 Å². The van der Waals surface area contributed by atoms with Crippen molar-refractivity contribution in [3.8, 4) is 0 Å². The summed E-state index contributed by atoms with van der Waals surface area (Å²) in [7, 11) is 0. The monoisotopic (exact) mass is 336 g/mol. The summed E-state index contributed by atoms with van der Waals surface area (Å²) in [5.41, 5.74) is 0.619. The Balaban J connectivity index is 2.23. The van der Waals surface area contributed by atoms with Gasteiger partial charge in [0.1, 0.15) is 5.82 Å². The number of esters is 1. The fourth-order valence-electron chi connectivity index (χ4n) is 1.72. The van der Waals surface area contributed by atoms with E-state index in [2.05, 4.69) is 0 Å². The van der Waals surface area contributed by atoms with Crippen molar-refractivity contribution in [1.29, 1.82) is 0 Å². The van der Waals surface area contributed by atoms with E-state index in [9.17, 15) is 9.18 Å². The second-order valence-corrected chi connectivity index (χ2v) is 5.88. The fraction of sp³-hybridized carbons (Fsp3) is 0.118. The Morgan fingerprint density at radius 2 is 2.00 bits per heavy atom. The van der Waals surface area contributed by atoms with Gasteiger partial charge < -0.3 is 4.74 Å². The van der Waals surface area contributed by atoms with E-state index < -0.39 is 5.97 Å². The van der Waals surface area contributed by atoms with Crippen LogP contribution in [0.2, 0.25) is 5.02 Å². The molecule has 0 aliphatic carbocycles. The standard InChI is InChI=1S/C17H14ClFO2S/c1-2-21-17(20)10-3-12-11-14(19)6-9-16(12)22-15-7-4-13(18)5-8-15/h3-11H,2H2,1H3. The van der Waals surface area contributed by atoms with Crippen LogP contribution in [0.15, 0.2) is 58.3 Å². The summed E-state index contributed by atoms with van der Waals surface area (Å²) < 4.78 is 18.3. The van der Waals surface area contributed by atoms with Gasteiger partial charge in [0.05, 0.1) is 6.61 Å². The lowest BCUT2D eigenvalue weighted by Gasteiger charge is -2.06. The van der Waals surface area contributed by atoms with Gasteiger partial charge in [0.15, 0.2) is 0 Å². The minimum atomic E-state index is -0.450. The molecule has 0 saturated carbocycles. The summed E-state index contributed by atoms with van der Waals surface area (Å²) >= 11 is 7.33. The number of carbonyl (C=O) groups excluding carboxylic acids is 1. The molecule has 0 unspecified atom stereocenters. The van der Waals surface area contributed by atoms with Crippen LogP contribution in [0.4, 0.5) is 4.39 Å². The van der Waals surface area contributed by atoms with Crippen molar-refractivity contribution in [2.75, 3.05) is 6.61 Å². The van der Waals surface area contributed by atoms with Gasteiger partial charge in [0.25, 0.3) is 0 Å². The highest BCUT2D eigenvalue weighted by Crippen LogP contribution is 2.32. The van der Waals surface area contributed by atoms with E-state index in [4.69, 9.17) is 16.3 Å². The van der Waals surface area contributed by atoms with Crippen LogP contribution in [0.25, 0.3) is 6.08 Å². The third-order valence-corrected chi connectivity index (χ3v) is 4.05. The zero-order chi connectivity index (χ0) is 15.9. The van der Waals surface area contributed by atoms with Gasteiger partial charge in [0, 0.05) is 20.9 Å². The van der Waals surface area contributed by atoms with E-state index in [0.29, 0.717) is 17.2 Å². The number of ether oxygens (including phenoxy) is 1. The first-order valence-electron chi connectivity index (χ1n) is 6.66. The summed E-state index contributed by atoms with van der Waals surface area (Å²) in [6.45, 7) is 2.04. The van der Waals surface area contributed by atoms with Gasteiger partial charge >= 0.3 is 5.97 Å². The van der Waals surface area contributed by atoms with Crippen molar-refractivity contribution in [3.63, 3.8) is 0 Å². The van der Waals surface area contributed by atoms with Crippen molar-refractivity contribution in [2.24, 2.45) is 0 Å². The highest BCUT2D eigenvalue weighted by molar-refractivity contribution is 7.99. The largest absolute Gasteiger partial charge is 0.463 e. The van der Waals surface area contributed by atoms with Gasteiger partial charge in [-0.25, -0.2) is 9.18 Å². The molecule has 2 nitrogen and oxygen atoms in total. The van der Waals surface area contributed by atoms with Crippen LogP contribution in [0, 0.1) is 5.82 Å². The summed E-state index contributed by atoms with van der Waals surface area (Å²) in [5, 5.41) is 0.658. The van der Waals surface area contributed by atoms with Gasteiger partial charge in [0.2, 0.25) is 0 Å². The maximum absolute atomic E-state index is 13.4. The van der Waals surface area contributed by atoms with Gasteiger partial charge in [-0.15, -0.1) is 0 Å². The molecule has 0 N–H and O–H groups in total. The van der Waals surface area contributed by atoms with Crippen LogP contribution in [0.5, 0.6) is 0 Å². The topological polar surface area (TPSA) is 26.3 Å². The Kier molecular flexibility index (Phi) is 6.04. The Bertz CT molecular complexity index is 684. The molecule has 0 fully saturated rings. The Labute approximate surface area is 137 Å². The SMILES string of the molecule is CCOC(=O)C=Cc1cc(F)ccc1Sc1ccc(Cl)cc1. The fourth-order valence-corrected chi connectivity index (χ4v) is 2.75. The van der Waals surface area contributed by atoms with Crippen molar-refractivity contribution in [2.45, 2.75) is 16.7 Å². The smallest absolute Gasteiger partial charge is 0.330 e. The van der Waals surface area contributed by atoms with Crippen LogP contribution in [0.3, 0.4) is 0 Å². The molecule has 0 aliphatic heterocycles. The maximum Gasteiger partial charge on any atom is 0.330 e. The van der Waals surface area contributed by atoms with Crippen LogP contribution in [-0.2, 0) is 9.53 Å². The predicted octanol–water partition coefficient (Wildman–Crippen LogP) is 5.21. The van der Waals surface area contributed by atoms with Crippen molar-refractivity contribution in [1.82, 2.24) is 0 Å². The number of hydrogen-bond acceptors (Lipinski definition) is 3. The predicted molar refractivity (Wildman–Crippen MR) is 87.6 cm³/mol. The number of halogens is 2. The van der Waals surface area contributed by atoms with E-state index in [1.807, 2.05) is 12.1 Å². The molecule has 0 bridgehead atoms. The number of hydrogen-bond donors (Lipinski definition) is 0. The second-order valence-electron chi connectivity index (χ2n) is 4.32. The van der Waals surface area contributed by atoms with Crippen LogP contribution < -0.4 is 0 Å². The second kappa shape index (κ2) is 8.01. The molecule has 0 aliphatic rings. The first-order chi connectivity index (χ1) is 10.6. The Morgan fingerprint density at radius 1 is 1.27 bits per heavy atom. The van der Waals surface area contributed by atoms with Crippen molar-refractivity contribution in [3.05, 3.63) is 64.9 Å². The molecule has 0 aromatic heterocycles. The van der Waals surface area contributed by atoms with Crippen molar-refractivity contribution < 1.29 is 13.9 Å². The summed E-state index contributed by atoms with van der Waals surface area (Å²) in [4.78, 5) is 13.2. The maximum atomic E-state index is 13.4. The third-order valence-electron chi connectivity index (χ3n) is 2.70. The van der Waals surface area contributed by atoms with Crippen LogP contribution >= 0.6 is 23.4 Å². The van der Waals surface area contributed by atoms with E-state index >= 15 is 0 Å². The summed E-state index contributed by atoms with van der Waals surface area (Å²) in [5.74, 6) is -0.807. The zero-order valence-electron chi connectivity index (χ0n) is 11.9. The van der Waals surface area contributed by atoms with Crippen LogP contribution in [0.1, 0.15) is 12.5 Å². The van der Waals surface area contributed by atoms with Gasteiger partial charge in [-0.1, -0.05) is 23.4 Å². The molecule has 2 aromatic rings. The molecular formula is C17H14ClFO2S. The molecular weight excluding hydrogens is 323 g/mol. The minimum Gasteiger partial charge on any atom is -0.463 e. The molecule has 0 spiro atoms. The average molecular weight is 337 g/mol. The Hall–Kier alpha value is -1.78. The molecule has 0 radical (unpaired) electrons. The molecule has 2 aromatic carbocycles. The van der Waals surface area contributed by atoms with E-state index in [1.165, 1.54) is 30.0 Å². The number of carbonyl (C=O) groups is 1. The van der Waals surface area contributed by atoms with E-state index in [-0.39, 0.29) is 5.82 Å². The average Bonchev–Trinajstić information content (AvgIpc) is 2.50. The molecule has 114 valence electrons. The molecule has 5 heteroatoms. The normalized spacial score (nSPS) is 10.9. The summed E-state index contributed by atoms with van der Waals surface area (Å²) in [6, 6.07) is 11.8. The number of benzene rings is 2. The molecule has 0 atom stereocenters. The summed E-state index contributed by atoms with van der Waals surface area (Å²) in [6.07, 6.45) is 2.85. The quantitative estimate of drug-likeness (QED) is 0.554. The molecule has 0 saturated heterocycles. The number of rotatable bonds is 5.